The topological polar surface area (TPSA) is 71.2 Å². The number of benzene rings is 1. The summed E-state index contributed by atoms with van der Waals surface area (Å²) in [5.74, 6) is 0.938. The van der Waals surface area contributed by atoms with Crippen molar-refractivity contribution in [2.24, 2.45) is 0 Å². The SMILES string of the molecule is CN(C)C(=O)c1cc(-c2cnc3c(c2)C2(CCCC2)CN3)ccc1N. The Bertz CT molecular complexity index is 838. The molecule has 1 aliphatic carbocycles. The summed E-state index contributed by atoms with van der Waals surface area (Å²) in [6.07, 6.45) is 6.91. The van der Waals surface area contributed by atoms with Crippen LogP contribution in [0.1, 0.15) is 41.6 Å². The van der Waals surface area contributed by atoms with Crippen molar-refractivity contribution in [2.45, 2.75) is 31.1 Å². The number of rotatable bonds is 2. The number of aromatic nitrogens is 1. The van der Waals surface area contributed by atoms with E-state index >= 15 is 0 Å². The highest BCUT2D eigenvalue weighted by molar-refractivity contribution is 6.00. The smallest absolute Gasteiger partial charge is 0.255 e. The number of nitrogens with one attached hydrogen (secondary N) is 1. The summed E-state index contributed by atoms with van der Waals surface area (Å²) in [6.45, 7) is 0.991. The predicted octanol–water partition coefficient (Wildman–Crippen LogP) is 3.27. The minimum atomic E-state index is -0.0811. The van der Waals surface area contributed by atoms with Crippen LogP contribution in [0.15, 0.2) is 30.5 Å². The molecule has 2 heterocycles. The number of hydrogen-bond acceptors (Lipinski definition) is 4. The normalized spacial score (nSPS) is 17.4. The van der Waals surface area contributed by atoms with E-state index in [1.807, 2.05) is 24.4 Å². The van der Waals surface area contributed by atoms with Gasteiger partial charge in [0.1, 0.15) is 5.82 Å². The van der Waals surface area contributed by atoms with Crippen molar-refractivity contribution in [1.29, 1.82) is 0 Å². The van der Waals surface area contributed by atoms with Gasteiger partial charge in [-0.05, 0) is 36.6 Å². The summed E-state index contributed by atoms with van der Waals surface area (Å²) < 4.78 is 0. The van der Waals surface area contributed by atoms with Crippen molar-refractivity contribution in [3.8, 4) is 11.1 Å². The Balaban J connectivity index is 1.77. The number of carbonyl (C=O) groups is 1. The molecule has 1 fully saturated rings. The van der Waals surface area contributed by atoms with E-state index in [0.717, 1.165) is 23.5 Å². The number of nitrogens with zero attached hydrogens (tertiary/aromatic N) is 2. The fraction of sp³-hybridized carbons (Fsp3) is 0.400. The summed E-state index contributed by atoms with van der Waals surface area (Å²) in [5, 5.41) is 3.47. The third kappa shape index (κ3) is 2.54. The van der Waals surface area contributed by atoms with Gasteiger partial charge in [0.2, 0.25) is 0 Å². The predicted molar refractivity (Wildman–Crippen MR) is 101 cm³/mol. The number of fused-ring (bicyclic) bond motifs is 2. The highest BCUT2D eigenvalue weighted by Gasteiger charge is 2.41. The molecule has 0 bridgehead atoms. The molecule has 0 unspecified atom stereocenters. The van der Waals surface area contributed by atoms with Crippen LogP contribution in [-0.4, -0.2) is 36.4 Å². The van der Waals surface area contributed by atoms with E-state index < -0.39 is 0 Å². The molecule has 0 atom stereocenters. The first-order valence-electron chi connectivity index (χ1n) is 8.86. The van der Waals surface area contributed by atoms with Crippen LogP contribution in [0.25, 0.3) is 11.1 Å². The van der Waals surface area contributed by atoms with Crippen molar-refractivity contribution in [2.75, 3.05) is 31.7 Å². The summed E-state index contributed by atoms with van der Waals surface area (Å²) in [5.41, 5.74) is 10.7. The van der Waals surface area contributed by atoms with E-state index in [9.17, 15) is 4.79 Å². The first-order valence-corrected chi connectivity index (χ1v) is 8.86. The number of nitrogen functional groups attached to an aromatic ring is 1. The van der Waals surface area contributed by atoms with Crippen LogP contribution < -0.4 is 11.1 Å². The van der Waals surface area contributed by atoms with E-state index in [4.69, 9.17) is 5.73 Å². The fourth-order valence-corrected chi connectivity index (χ4v) is 4.18. The highest BCUT2D eigenvalue weighted by atomic mass is 16.2. The van der Waals surface area contributed by atoms with E-state index in [0.29, 0.717) is 11.3 Å². The second-order valence-corrected chi connectivity index (χ2v) is 7.46. The molecule has 1 aliphatic heterocycles. The Kier molecular flexibility index (Phi) is 3.67. The van der Waals surface area contributed by atoms with Crippen LogP contribution in [0.3, 0.4) is 0 Å². The zero-order valence-electron chi connectivity index (χ0n) is 14.8. The van der Waals surface area contributed by atoms with Gasteiger partial charge in [-0.25, -0.2) is 4.98 Å². The van der Waals surface area contributed by atoms with Crippen LogP contribution in [0.2, 0.25) is 0 Å². The number of pyridine rings is 1. The summed E-state index contributed by atoms with van der Waals surface area (Å²) in [6, 6.07) is 7.91. The van der Waals surface area contributed by atoms with Gasteiger partial charge in [0.05, 0.1) is 5.56 Å². The molecule has 0 radical (unpaired) electrons. The molecule has 4 rings (SSSR count). The lowest BCUT2D eigenvalue weighted by Gasteiger charge is -2.22. The maximum atomic E-state index is 12.4. The van der Waals surface area contributed by atoms with Gasteiger partial charge in [0, 0.05) is 49.1 Å². The highest BCUT2D eigenvalue weighted by Crippen LogP contribution is 2.48. The minimum absolute atomic E-state index is 0.0811. The Morgan fingerprint density at radius 2 is 1.96 bits per heavy atom. The minimum Gasteiger partial charge on any atom is -0.398 e. The van der Waals surface area contributed by atoms with Crippen LogP contribution in [0, 0.1) is 0 Å². The van der Waals surface area contributed by atoms with Crippen LogP contribution in [0.5, 0.6) is 0 Å². The molecule has 130 valence electrons. The van der Waals surface area contributed by atoms with E-state index in [-0.39, 0.29) is 11.3 Å². The summed E-state index contributed by atoms with van der Waals surface area (Å²) in [4.78, 5) is 18.6. The van der Waals surface area contributed by atoms with Gasteiger partial charge in [-0.15, -0.1) is 0 Å². The van der Waals surface area contributed by atoms with E-state index in [2.05, 4.69) is 16.4 Å². The summed E-state index contributed by atoms with van der Waals surface area (Å²) in [7, 11) is 3.47. The van der Waals surface area contributed by atoms with Gasteiger partial charge in [-0.1, -0.05) is 18.9 Å². The second kappa shape index (κ2) is 5.76. The third-order valence-electron chi connectivity index (χ3n) is 5.64. The first-order chi connectivity index (χ1) is 12.0. The molecule has 1 aromatic heterocycles. The molecule has 0 saturated heterocycles. The largest absolute Gasteiger partial charge is 0.398 e. The maximum Gasteiger partial charge on any atom is 0.255 e. The lowest BCUT2D eigenvalue weighted by Crippen LogP contribution is -2.24. The standard InChI is InChI=1S/C20H24N4O/c1-24(2)19(25)15-9-13(5-6-17(15)21)14-10-16-18(22-11-14)23-12-20(16)7-3-4-8-20/h5-6,9-11H,3-4,7-8,12,21H2,1-2H3,(H,22,23). The van der Waals surface area contributed by atoms with Crippen LogP contribution >= 0.6 is 0 Å². The molecule has 1 saturated carbocycles. The first kappa shape index (κ1) is 15.9. The Morgan fingerprint density at radius 1 is 1.20 bits per heavy atom. The molecular formula is C20H24N4O. The molecular weight excluding hydrogens is 312 g/mol. The van der Waals surface area contributed by atoms with Crippen molar-refractivity contribution < 1.29 is 4.79 Å². The quantitative estimate of drug-likeness (QED) is 0.826. The zero-order valence-corrected chi connectivity index (χ0v) is 14.8. The lowest BCUT2D eigenvalue weighted by atomic mass is 9.81. The molecule has 3 N–H and O–H groups in total. The Morgan fingerprint density at radius 3 is 2.68 bits per heavy atom. The van der Waals surface area contributed by atoms with Gasteiger partial charge in [0.15, 0.2) is 0 Å². The average molecular weight is 336 g/mol. The van der Waals surface area contributed by atoms with Gasteiger partial charge in [-0.3, -0.25) is 4.79 Å². The molecule has 1 spiro atoms. The molecule has 2 aromatic rings. The number of hydrogen-bond donors (Lipinski definition) is 2. The van der Waals surface area contributed by atoms with Crippen molar-refractivity contribution in [1.82, 2.24) is 9.88 Å². The molecule has 5 heteroatoms. The second-order valence-electron chi connectivity index (χ2n) is 7.46. The number of anilines is 2. The maximum absolute atomic E-state index is 12.4. The molecule has 25 heavy (non-hydrogen) atoms. The van der Waals surface area contributed by atoms with Gasteiger partial charge >= 0.3 is 0 Å². The molecule has 1 amide bonds. The number of nitrogens with two attached hydrogens (primary N) is 1. The van der Waals surface area contributed by atoms with E-state index in [1.165, 1.54) is 31.2 Å². The molecule has 5 nitrogen and oxygen atoms in total. The van der Waals surface area contributed by atoms with Gasteiger partial charge < -0.3 is 16.0 Å². The van der Waals surface area contributed by atoms with Crippen LogP contribution in [0.4, 0.5) is 11.5 Å². The molecule has 1 aromatic carbocycles. The fourth-order valence-electron chi connectivity index (χ4n) is 4.18. The monoisotopic (exact) mass is 336 g/mol. The van der Waals surface area contributed by atoms with Crippen molar-refractivity contribution in [3.63, 3.8) is 0 Å². The zero-order chi connectivity index (χ0) is 17.6. The van der Waals surface area contributed by atoms with Gasteiger partial charge in [-0.2, -0.15) is 0 Å². The Labute approximate surface area is 148 Å². The number of carbonyl (C=O) groups excluding carboxylic acids is 1. The molecule has 2 aliphatic rings. The third-order valence-corrected chi connectivity index (χ3v) is 5.64. The average Bonchev–Trinajstić information content (AvgIpc) is 3.23. The van der Waals surface area contributed by atoms with E-state index in [1.54, 1.807) is 19.0 Å². The lowest BCUT2D eigenvalue weighted by molar-refractivity contribution is 0.0828. The number of amides is 1. The van der Waals surface area contributed by atoms with Crippen molar-refractivity contribution in [3.05, 3.63) is 41.6 Å². The van der Waals surface area contributed by atoms with Crippen LogP contribution in [-0.2, 0) is 5.41 Å². The Hall–Kier alpha value is -2.56. The summed E-state index contributed by atoms with van der Waals surface area (Å²) >= 11 is 0. The van der Waals surface area contributed by atoms with Crippen molar-refractivity contribution >= 4 is 17.4 Å². The van der Waals surface area contributed by atoms with Gasteiger partial charge in [0.25, 0.3) is 5.91 Å².